The minimum absolute atomic E-state index is 0.104. The summed E-state index contributed by atoms with van der Waals surface area (Å²) in [5.74, 6) is -1.37. The number of aliphatic carboxylic acids is 1. The molecule has 6 nitrogen and oxygen atoms in total. The molecule has 0 radical (unpaired) electrons. The average molecular weight is 255 g/mol. The van der Waals surface area contributed by atoms with Crippen LogP contribution in [-0.4, -0.2) is 59.3 Å². The number of hydrogen-bond donors (Lipinski definition) is 3. The lowest BCUT2D eigenvalue weighted by Crippen LogP contribution is -2.34. The molecular formula is C7H13NO5S2. The zero-order valence-electron chi connectivity index (χ0n) is 7.87. The highest BCUT2D eigenvalue weighted by atomic mass is 32.2. The van der Waals surface area contributed by atoms with Crippen molar-refractivity contribution in [3.63, 3.8) is 0 Å². The number of rotatable bonds is 4. The molecule has 1 aliphatic heterocycles. The van der Waals surface area contributed by atoms with Crippen LogP contribution in [0.15, 0.2) is 0 Å². The van der Waals surface area contributed by atoms with Crippen molar-refractivity contribution in [2.45, 2.75) is 17.4 Å². The van der Waals surface area contributed by atoms with Gasteiger partial charge >= 0.3 is 5.97 Å². The normalized spacial score (nSPS) is 31.3. The number of aliphatic hydroxyl groups is 1. The van der Waals surface area contributed by atoms with Crippen molar-refractivity contribution in [2.24, 2.45) is 5.73 Å². The third-order valence-corrected chi connectivity index (χ3v) is 5.47. The lowest BCUT2D eigenvalue weighted by Gasteiger charge is -2.13. The van der Waals surface area contributed by atoms with E-state index >= 15 is 0 Å². The molecule has 3 atom stereocenters. The Kier molecular flexibility index (Phi) is 3.99. The van der Waals surface area contributed by atoms with E-state index in [0.717, 1.165) is 11.8 Å². The highest BCUT2D eigenvalue weighted by Crippen LogP contribution is 2.25. The van der Waals surface area contributed by atoms with Gasteiger partial charge in [0.05, 0.1) is 17.6 Å². The Balaban J connectivity index is 2.44. The van der Waals surface area contributed by atoms with E-state index in [0.29, 0.717) is 0 Å². The quantitative estimate of drug-likeness (QED) is 0.547. The van der Waals surface area contributed by atoms with Gasteiger partial charge in [0.1, 0.15) is 6.04 Å². The highest BCUT2D eigenvalue weighted by Gasteiger charge is 2.37. The fourth-order valence-electron chi connectivity index (χ4n) is 1.25. The molecule has 8 heteroatoms. The van der Waals surface area contributed by atoms with E-state index in [4.69, 9.17) is 10.8 Å². The molecule has 15 heavy (non-hydrogen) atoms. The van der Waals surface area contributed by atoms with Gasteiger partial charge in [-0.2, -0.15) is 11.8 Å². The molecule has 0 aromatic carbocycles. The van der Waals surface area contributed by atoms with Crippen LogP contribution in [0.4, 0.5) is 0 Å². The molecule has 0 saturated carbocycles. The summed E-state index contributed by atoms with van der Waals surface area (Å²) in [5.41, 5.74) is 5.26. The van der Waals surface area contributed by atoms with Crippen LogP contribution in [0.2, 0.25) is 0 Å². The van der Waals surface area contributed by atoms with Gasteiger partial charge in [-0.1, -0.05) is 0 Å². The first-order valence-electron chi connectivity index (χ1n) is 4.30. The van der Waals surface area contributed by atoms with E-state index in [9.17, 15) is 18.3 Å². The van der Waals surface area contributed by atoms with Crippen LogP contribution in [0.25, 0.3) is 0 Å². The van der Waals surface area contributed by atoms with Crippen LogP contribution >= 0.6 is 11.8 Å². The standard InChI is InChI=1S/C7H13NO5S2/c8-4(7(10)11)1-14-6-3-15(12,13)2-5(6)9/h4-6,9H,1-3,8H2,(H,10,11). The van der Waals surface area contributed by atoms with Crippen molar-refractivity contribution in [1.29, 1.82) is 0 Å². The molecule has 88 valence electrons. The summed E-state index contributed by atoms with van der Waals surface area (Å²) in [4.78, 5) is 10.4. The molecular weight excluding hydrogens is 242 g/mol. The molecule has 1 rings (SSSR count). The van der Waals surface area contributed by atoms with Gasteiger partial charge in [-0.3, -0.25) is 4.79 Å². The number of nitrogens with two attached hydrogens (primary N) is 1. The molecule has 0 amide bonds. The van der Waals surface area contributed by atoms with Crippen LogP contribution in [0.3, 0.4) is 0 Å². The summed E-state index contributed by atoms with van der Waals surface area (Å²) < 4.78 is 22.2. The molecule has 0 aliphatic carbocycles. The minimum atomic E-state index is -3.17. The number of carboxylic acids is 1. The largest absolute Gasteiger partial charge is 0.480 e. The number of aliphatic hydroxyl groups excluding tert-OH is 1. The smallest absolute Gasteiger partial charge is 0.321 e. The van der Waals surface area contributed by atoms with E-state index in [1.807, 2.05) is 0 Å². The fourth-order valence-corrected chi connectivity index (χ4v) is 4.91. The maximum Gasteiger partial charge on any atom is 0.321 e. The predicted molar refractivity (Wildman–Crippen MR) is 56.5 cm³/mol. The second kappa shape index (κ2) is 4.69. The Hall–Kier alpha value is -0.310. The van der Waals surface area contributed by atoms with Crippen molar-refractivity contribution in [1.82, 2.24) is 0 Å². The van der Waals surface area contributed by atoms with Gasteiger partial charge in [-0.15, -0.1) is 0 Å². The number of sulfone groups is 1. The van der Waals surface area contributed by atoms with Gasteiger partial charge in [0.15, 0.2) is 9.84 Å². The van der Waals surface area contributed by atoms with Gasteiger partial charge in [-0.25, -0.2) is 8.42 Å². The van der Waals surface area contributed by atoms with Gasteiger partial charge < -0.3 is 15.9 Å². The van der Waals surface area contributed by atoms with Crippen LogP contribution in [0.5, 0.6) is 0 Å². The third-order valence-electron chi connectivity index (χ3n) is 2.08. The SMILES string of the molecule is NC(CSC1CS(=O)(=O)CC1O)C(=O)O. The monoisotopic (exact) mass is 255 g/mol. The van der Waals surface area contributed by atoms with Gasteiger partial charge in [-0.05, 0) is 0 Å². The molecule has 4 N–H and O–H groups in total. The van der Waals surface area contributed by atoms with E-state index in [2.05, 4.69) is 0 Å². The summed E-state index contributed by atoms with van der Waals surface area (Å²) in [6.45, 7) is 0. The summed E-state index contributed by atoms with van der Waals surface area (Å²) in [6, 6.07) is -1.02. The predicted octanol–water partition coefficient (Wildman–Crippen LogP) is -1.71. The number of carboxylic acid groups (broad SMARTS) is 1. The Labute approximate surface area is 91.8 Å². The first kappa shape index (κ1) is 12.8. The average Bonchev–Trinajstić information content (AvgIpc) is 2.35. The molecule has 3 unspecified atom stereocenters. The van der Waals surface area contributed by atoms with Crippen LogP contribution in [0, 0.1) is 0 Å². The van der Waals surface area contributed by atoms with Gasteiger partial charge in [0.2, 0.25) is 0 Å². The lowest BCUT2D eigenvalue weighted by atomic mass is 10.3. The Bertz CT molecular complexity index is 341. The van der Waals surface area contributed by atoms with Gasteiger partial charge in [0, 0.05) is 11.0 Å². The van der Waals surface area contributed by atoms with Crippen LogP contribution < -0.4 is 5.73 Å². The first-order chi connectivity index (χ1) is 6.82. The Morgan fingerprint density at radius 2 is 2.13 bits per heavy atom. The zero-order valence-corrected chi connectivity index (χ0v) is 9.50. The number of hydrogen-bond acceptors (Lipinski definition) is 6. The maximum absolute atomic E-state index is 11.1. The Morgan fingerprint density at radius 3 is 2.53 bits per heavy atom. The molecule has 0 aromatic rings. The Morgan fingerprint density at radius 1 is 1.53 bits per heavy atom. The van der Waals surface area contributed by atoms with E-state index in [-0.39, 0.29) is 17.3 Å². The highest BCUT2D eigenvalue weighted by molar-refractivity contribution is 8.02. The molecule has 1 saturated heterocycles. The van der Waals surface area contributed by atoms with E-state index in [1.165, 1.54) is 0 Å². The second-order valence-corrected chi connectivity index (χ2v) is 6.89. The number of carbonyl (C=O) groups is 1. The van der Waals surface area contributed by atoms with E-state index < -0.39 is 33.2 Å². The van der Waals surface area contributed by atoms with Crippen molar-refractivity contribution in [3.05, 3.63) is 0 Å². The second-order valence-electron chi connectivity index (χ2n) is 3.46. The maximum atomic E-state index is 11.1. The van der Waals surface area contributed by atoms with Crippen LogP contribution in [-0.2, 0) is 14.6 Å². The fraction of sp³-hybridized carbons (Fsp3) is 0.857. The summed E-state index contributed by atoms with van der Waals surface area (Å²) >= 11 is 1.10. The van der Waals surface area contributed by atoms with Crippen molar-refractivity contribution >= 4 is 27.6 Å². The summed E-state index contributed by atoms with van der Waals surface area (Å²) in [5, 5.41) is 17.4. The first-order valence-corrected chi connectivity index (χ1v) is 7.17. The van der Waals surface area contributed by atoms with Crippen molar-refractivity contribution in [2.75, 3.05) is 17.3 Å². The third kappa shape index (κ3) is 3.63. The van der Waals surface area contributed by atoms with E-state index in [1.54, 1.807) is 0 Å². The zero-order chi connectivity index (χ0) is 11.6. The number of thioether (sulfide) groups is 1. The molecule has 1 fully saturated rings. The summed E-state index contributed by atoms with van der Waals surface area (Å²) in [7, 11) is -3.17. The molecule has 0 aromatic heterocycles. The van der Waals surface area contributed by atoms with Crippen LogP contribution in [0.1, 0.15) is 0 Å². The van der Waals surface area contributed by atoms with Crippen molar-refractivity contribution in [3.8, 4) is 0 Å². The lowest BCUT2D eigenvalue weighted by molar-refractivity contribution is -0.137. The molecule has 1 aliphatic rings. The van der Waals surface area contributed by atoms with Crippen molar-refractivity contribution < 1.29 is 23.4 Å². The summed E-state index contributed by atoms with van der Waals surface area (Å²) in [6.07, 6.45) is -0.916. The van der Waals surface area contributed by atoms with Gasteiger partial charge in [0.25, 0.3) is 0 Å². The molecule has 0 bridgehead atoms. The topological polar surface area (TPSA) is 118 Å². The minimum Gasteiger partial charge on any atom is -0.480 e. The molecule has 0 spiro atoms. The molecule has 1 heterocycles.